The minimum atomic E-state index is -0.453. The van der Waals surface area contributed by atoms with Gasteiger partial charge in [-0.05, 0) is 70.8 Å². The van der Waals surface area contributed by atoms with Crippen LogP contribution in [0.15, 0.2) is 168 Å². The summed E-state index contributed by atoms with van der Waals surface area (Å²) >= 11 is 1.65. The Morgan fingerprint density at radius 1 is 0.467 bits per heavy atom. The molecule has 0 saturated carbocycles. The monoisotopic (exact) mass is 603 g/mol. The van der Waals surface area contributed by atoms with E-state index in [1.54, 1.807) is 35.6 Å². The molecule has 45 heavy (non-hydrogen) atoms. The molecule has 2 heterocycles. The van der Waals surface area contributed by atoms with Gasteiger partial charge in [0.25, 0.3) is 0 Å². The highest BCUT2D eigenvalue weighted by Gasteiger charge is 2.20. The Labute approximate surface area is 279 Å². The van der Waals surface area contributed by atoms with Crippen molar-refractivity contribution in [2.24, 2.45) is 0 Å². The average Bonchev–Trinajstić information content (AvgIpc) is 3.78. The maximum atomic E-state index is 8.53. The summed E-state index contributed by atoms with van der Waals surface area (Å²) in [6.07, 6.45) is 0. The number of anilines is 3. The van der Waals surface area contributed by atoms with Crippen LogP contribution in [0.4, 0.5) is 17.1 Å². The Morgan fingerprint density at radius 3 is 1.69 bits per heavy atom. The highest BCUT2D eigenvalue weighted by atomic mass is 32.1. The van der Waals surface area contributed by atoms with E-state index in [1.165, 1.54) is 0 Å². The number of benzene rings is 7. The summed E-state index contributed by atoms with van der Waals surface area (Å²) in [5, 5.41) is 4.19. The van der Waals surface area contributed by atoms with Crippen molar-refractivity contribution in [1.29, 1.82) is 0 Å². The van der Waals surface area contributed by atoms with Crippen molar-refractivity contribution in [2.45, 2.75) is 0 Å². The molecule has 0 atom stereocenters. The standard InChI is InChI=1S/C42H27NOS/c1-3-10-28(11-4-1)30-18-22-32(23-19-30)43(33-24-20-31(21-25-33)29-12-5-2-6-13-29)37-16-9-15-34-35-26-27-39-40(42(35)45-41(34)37)36-14-7-8-17-38(36)44-39/h1-27H/i1D,2D,3D,4D,5D,6D,10D,11D,12D,13D. The van der Waals surface area contributed by atoms with Gasteiger partial charge in [0.1, 0.15) is 11.2 Å². The molecule has 0 aliphatic rings. The molecular weight excluding hydrogens is 567 g/mol. The van der Waals surface area contributed by atoms with Gasteiger partial charge in [-0.3, -0.25) is 0 Å². The zero-order valence-corrected chi connectivity index (χ0v) is 24.4. The lowest BCUT2D eigenvalue weighted by Crippen LogP contribution is -2.10. The summed E-state index contributed by atoms with van der Waals surface area (Å²) in [4.78, 5) is 2.06. The predicted molar refractivity (Wildman–Crippen MR) is 192 cm³/mol. The van der Waals surface area contributed by atoms with Crippen LogP contribution in [0.25, 0.3) is 64.4 Å². The first-order valence-corrected chi connectivity index (χ1v) is 15.2. The molecule has 0 saturated heterocycles. The summed E-state index contributed by atoms with van der Waals surface area (Å²) in [6.45, 7) is 0. The van der Waals surface area contributed by atoms with E-state index in [-0.39, 0.29) is 35.3 Å². The summed E-state index contributed by atoms with van der Waals surface area (Å²) in [5.41, 5.74) is 5.04. The van der Waals surface area contributed by atoms with Crippen molar-refractivity contribution < 1.29 is 18.1 Å². The summed E-state index contributed by atoms with van der Waals surface area (Å²) < 4.78 is 91.2. The van der Waals surface area contributed by atoms with Crippen molar-refractivity contribution in [1.82, 2.24) is 0 Å². The van der Waals surface area contributed by atoms with E-state index >= 15 is 0 Å². The molecule has 0 N–H and O–H groups in total. The van der Waals surface area contributed by atoms with Gasteiger partial charge in [0.2, 0.25) is 0 Å². The SMILES string of the molecule is [2H]c1c([2H])c([2H])c(-c2ccc(N(c3ccc(-c4c([2H])c([2H])c([2H])c([2H])c4[2H])cc3)c3cccc4c3sc3c4ccc4oc5ccccc5c43)cc2)c([2H])c1[2H]. The Morgan fingerprint density at radius 2 is 1.04 bits per heavy atom. The van der Waals surface area contributed by atoms with Crippen molar-refractivity contribution in [2.75, 3.05) is 4.90 Å². The second-order valence-corrected chi connectivity index (χ2v) is 11.6. The Kier molecular flexibility index (Phi) is 4.11. The number of furan rings is 1. The Balaban J connectivity index is 1.25. The van der Waals surface area contributed by atoms with E-state index in [2.05, 4.69) is 23.1 Å². The van der Waals surface area contributed by atoms with Gasteiger partial charge in [-0.2, -0.15) is 0 Å². The minimum Gasteiger partial charge on any atom is -0.456 e. The number of thiophene rings is 1. The molecule has 2 nitrogen and oxygen atoms in total. The zero-order chi connectivity index (χ0) is 38.4. The van der Waals surface area contributed by atoms with Gasteiger partial charge in [0.15, 0.2) is 0 Å². The molecule has 9 aromatic rings. The third kappa shape index (κ3) is 4.32. The topological polar surface area (TPSA) is 16.4 Å². The normalized spacial score (nSPS) is 14.7. The van der Waals surface area contributed by atoms with E-state index in [0.717, 1.165) is 59.2 Å². The van der Waals surface area contributed by atoms with E-state index in [0.29, 0.717) is 11.1 Å². The maximum absolute atomic E-state index is 8.53. The Hall–Kier alpha value is -5.64. The quantitative estimate of drug-likeness (QED) is 0.195. The van der Waals surface area contributed by atoms with Crippen molar-refractivity contribution in [3.05, 3.63) is 164 Å². The lowest BCUT2D eigenvalue weighted by molar-refractivity contribution is 0.669. The van der Waals surface area contributed by atoms with Crippen LogP contribution >= 0.6 is 11.3 Å². The average molecular weight is 604 g/mol. The molecule has 0 bridgehead atoms. The first-order chi connectivity index (χ1) is 26.5. The second-order valence-electron chi connectivity index (χ2n) is 10.6. The second kappa shape index (κ2) is 10.5. The van der Waals surface area contributed by atoms with Crippen LogP contribution in [0.5, 0.6) is 0 Å². The number of para-hydroxylation sites is 1. The largest absolute Gasteiger partial charge is 0.456 e. The molecule has 0 radical (unpaired) electrons. The third-order valence-corrected chi connectivity index (χ3v) is 9.31. The van der Waals surface area contributed by atoms with Gasteiger partial charge < -0.3 is 9.32 Å². The smallest absolute Gasteiger partial charge is 0.136 e. The Bertz CT molecular complexity index is 2880. The van der Waals surface area contributed by atoms with E-state index in [4.69, 9.17) is 18.1 Å². The van der Waals surface area contributed by atoms with Gasteiger partial charge in [-0.15, -0.1) is 11.3 Å². The molecule has 3 heteroatoms. The van der Waals surface area contributed by atoms with E-state index < -0.39 is 36.3 Å². The molecule has 0 unspecified atom stereocenters. The fraction of sp³-hybridized carbons (Fsp3) is 0. The number of hydrogen-bond acceptors (Lipinski definition) is 3. The number of fused-ring (bicyclic) bond motifs is 7. The number of hydrogen-bond donors (Lipinski definition) is 0. The maximum Gasteiger partial charge on any atom is 0.136 e. The summed E-state index contributed by atoms with van der Waals surface area (Å²) in [5.74, 6) is 0. The summed E-state index contributed by atoms with van der Waals surface area (Å²) in [7, 11) is 0. The lowest BCUT2D eigenvalue weighted by Gasteiger charge is -2.26. The predicted octanol–water partition coefficient (Wildman–Crippen LogP) is 12.8. The first kappa shape index (κ1) is 17.6. The summed E-state index contributed by atoms with van der Waals surface area (Å²) in [6, 6.07) is 28.8. The lowest BCUT2D eigenvalue weighted by atomic mass is 10.0. The molecule has 9 rings (SSSR count). The molecule has 0 aliphatic heterocycles. The van der Waals surface area contributed by atoms with Crippen LogP contribution in [-0.4, -0.2) is 0 Å². The van der Waals surface area contributed by atoms with Gasteiger partial charge in [0.05, 0.1) is 24.1 Å². The third-order valence-electron chi connectivity index (χ3n) is 8.05. The molecular formula is C42H27NOS. The van der Waals surface area contributed by atoms with Gasteiger partial charge >= 0.3 is 0 Å². The fourth-order valence-corrected chi connectivity index (χ4v) is 7.35. The van der Waals surface area contributed by atoms with E-state index in [9.17, 15) is 0 Å². The van der Waals surface area contributed by atoms with E-state index in [1.807, 2.05) is 60.7 Å². The van der Waals surface area contributed by atoms with Crippen LogP contribution in [-0.2, 0) is 0 Å². The molecule has 0 amide bonds. The molecule has 7 aromatic carbocycles. The molecule has 212 valence electrons. The van der Waals surface area contributed by atoms with Crippen LogP contribution < -0.4 is 4.90 Å². The van der Waals surface area contributed by atoms with Crippen LogP contribution in [0.3, 0.4) is 0 Å². The van der Waals surface area contributed by atoms with Crippen molar-refractivity contribution in [3.8, 4) is 22.3 Å². The van der Waals surface area contributed by atoms with Crippen LogP contribution in [0.1, 0.15) is 13.7 Å². The van der Waals surface area contributed by atoms with Crippen molar-refractivity contribution in [3.63, 3.8) is 0 Å². The molecule has 0 spiro atoms. The molecule has 0 fully saturated rings. The highest BCUT2D eigenvalue weighted by Crippen LogP contribution is 2.48. The minimum absolute atomic E-state index is 0.107. The zero-order valence-electron chi connectivity index (χ0n) is 33.6. The number of rotatable bonds is 5. The van der Waals surface area contributed by atoms with Gasteiger partial charge in [0, 0.05) is 37.6 Å². The van der Waals surface area contributed by atoms with Crippen LogP contribution in [0.2, 0.25) is 0 Å². The van der Waals surface area contributed by atoms with Crippen LogP contribution in [0, 0.1) is 0 Å². The number of nitrogens with zero attached hydrogens (tertiary/aromatic N) is 1. The van der Waals surface area contributed by atoms with Gasteiger partial charge in [-0.1, -0.05) is 115 Å². The fourth-order valence-electron chi connectivity index (χ4n) is 6.00. The first-order valence-electron chi connectivity index (χ1n) is 19.4. The van der Waals surface area contributed by atoms with Gasteiger partial charge in [-0.25, -0.2) is 0 Å². The van der Waals surface area contributed by atoms with Crippen molar-refractivity contribution >= 4 is 70.5 Å². The molecule has 2 aromatic heterocycles. The molecule has 0 aliphatic carbocycles. The highest BCUT2D eigenvalue weighted by molar-refractivity contribution is 7.27.